The second-order valence-electron chi connectivity index (χ2n) is 6.93. The van der Waals surface area contributed by atoms with Gasteiger partial charge in [0.25, 0.3) is 0 Å². The van der Waals surface area contributed by atoms with Gasteiger partial charge in [-0.3, -0.25) is 9.59 Å². The van der Waals surface area contributed by atoms with E-state index >= 15 is 0 Å². The van der Waals surface area contributed by atoms with E-state index in [1.54, 1.807) is 18.9 Å². The van der Waals surface area contributed by atoms with Crippen LogP contribution in [-0.4, -0.2) is 36.6 Å². The third-order valence-electron chi connectivity index (χ3n) is 5.08. The maximum Gasteiger partial charge on any atom is 0.242 e. The van der Waals surface area contributed by atoms with E-state index in [1.165, 1.54) is 0 Å². The van der Waals surface area contributed by atoms with Gasteiger partial charge in [-0.2, -0.15) is 0 Å². The van der Waals surface area contributed by atoms with Crippen LogP contribution in [0.15, 0.2) is 42.5 Å². The first-order valence-electron chi connectivity index (χ1n) is 9.43. The van der Waals surface area contributed by atoms with Gasteiger partial charge in [0.2, 0.25) is 18.6 Å². The second kappa shape index (κ2) is 8.78. The number of likely N-dealkylation sites (N-methyl/N-ethyl adjacent to an activating group) is 1. The standard InChI is InChI=1S/C22H26N2O4/c1-15-6-4-5-7-18(15)13-24(16(2)22(26)23-3)21(25)11-9-17-8-10-19-20(12-17)28-14-27-19/h4-8,10,12,16H,9,11,13-14H2,1-3H3,(H,23,26). The molecule has 1 atom stereocenters. The predicted molar refractivity (Wildman–Crippen MR) is 106 cm³/mol. The maximum absolute atomic E-state index is 13.0. The molecule has 0 aliphatic carbocycles. The number of amides is 2. The number of nitrogens with one attached hydrogen (secondary N) is 1. The molecule has 0 radical (unpaired) electrons. The molecule has 1 unspecified atom stereocenters. The number of rotatable bonds is 7. The van der Waals surface area contributed by atoms with Crippen molar-refractivity contribution in [3.63, 3.8) is 0 Å². The topological polar surface area (TPSA) is 67.9 Å². The van der Waals surface area contributed by atoms with Crippen LogP contribution in [0.1, 0.15) is 30.0 Å². The van der Waals surface area contributed by atoms with Crippen molar-refractivity contribution in [2.45, 2.75) is 39.3 Å². The molecular weight excluding hydrogens is 356 g/mol. The Labute approximate surface area is 165 Å². The lowest BCUT2D eigenvalue weighted by Gasteiger charge is -2.29. The number of hydrogen-bond acceptors (Lipinski definition) is 4. The molecule has 6 nitrogen and oxygen atoms in total. The van der Waals surface area contributed by atoms with E-state index in [2.05, 4.69) is 5.32 Å². The Kier molecular flexibility index (Phi) is 6.19. The monoisotopic (exact) mass is 382 g/mol. The van der Waals surface area contributed by atoms with Gasteiger partial charge in [-0.15, -0.1) is 0 Å². The normalized spacial score (nSPS) is 13.1. The Morgan fingerprint density at radius 1 is 1.14 bits per heavy atom. The number of fused-ring (bicyclic) bond motifs is 1. The molecule has 1 aliphatic heterocycles. The largest absolute Gasteiger partial charge is 0.454 e. The van der Waals surface area contributed by atoms with Crippen LogP contribution < -0.4 is 14.8 Å². The fraction of sp³-hybridized carbons (Fsp3) is 0.364. The molecule has 2 aromatic carbocycles. The van der Waals surface area contributed by atoms with Crippen LogP contribution in [0, 0.1) is 6.92 Å². The highest BCUT2D eigenvalue weighted by atomic mass is 16.7. The number of carbonyl (C=O) groups is 2. The van der Waals surface area contributed by atoms with E-state index in [0.29, 0.717) is 25.1 Å². The molecule has 2 amide bonds. The molecule has 0 bridgehead atoms. The minimum absolute atomic E-state index is 0.0583. The van der Waals surface area contributed by atoms with E-state index < -0.39 is 6.04 Å². The lowest BCUT2D eigenvalue weighted by molar-refractivity contribution is -0.140. The van der Waals surface area contributed by atoms with E-state index in [9.17, 15) is 9.59 Å². The van der Waals surface area contributed by atoms with Gasteiger partial charge in [-0.25, -0.2) is 0 Å². The van der Waals surface area contributed by atoms with Crippen molar-refractivity contribution in [2.24, 2.45) is 0 Å². The predicted octanol–water partition coefficient (Wildman–Crippen LogP) is 2.82. The van der Waals surface area contributed by atoms with Gasteiger partial charge in [-0.1, -0.05) is 30.3 Å². The van der Waals surface area contributed by atoms with Crippen LogP contribution in [-0.2, 0) is 22.6 Å². The summed E-state index contributed by atoms with van der Waals surface area (Å²) in [4.78, 5) is 26.9. The van der Waals surface area contributed by atoms with Gasteiger partial charge < -0.3 is 19.7 Å². The van der Waals surface area contributed by atoms with Crippen LogP contribution >= 0.6 is 0 Å². The molecule has 148 valence electrons. The Morgan fingerprint density at radius 2 is 1.89 bits per heavy atom. The molecule has 3 rings (SSSR count). The Hall–Kier alpha value is -3.02. The summed E-state index contributed by atoms with van der Waals surface area (Å²) in [6.45, 7) is 4.40. The molecule has 6 heteroatoms. The third-order valence-corrected chi connectivity index (χ3v) is 5.08. The summed E-state index contributed by atoms with van der Waals surface area (Å²) in [5.41, 5.74) is 3.14. The zero-order valence-electron chi connectivity index (χ0n) is 16.5. The average molecular weight is 382 g/mol. The Morgan fingerprint density at radius 3 is 2.64 bits per heavy atom. The van der Waals surface area contributed by atoms with Gasteiger partial charge in [0.15, 0.2) is 11.5 Å². The summed E-state index contributed by atoms with van der Waals surface area (Å²) in [6, 6.07) is 13.1. The van der Waals surface area contributed by atoms with Crippen molar-refractivity contribution in [3.8, 4) is 11.5 Å². The van der Waals surface area contributed by atoms with Gasteiger partial charge in [-0.05, 0) is 49.1 Å². The lowest BCUT2D eigenvalue weighted by atomic mass is 10.1. The second-order valence-corrected chi connectivity index (χ2v) is 6.93. The smallest absolute Gasteiger partial charge is 0.242 e. The number of nitrogens with zero attached hydrogens (tertiary/aromatic N) is 1. The van der Waals surface area contributed by atoms with Crippen LogP contribution in [0.3, 0.4) is 0 Å². The van der Waals surface area contributed by atoms with Gasteiger partial charge in [0.1, 0.15) is 6.04 Å². The fourth-order valence-corrected chi connectivity index (χ4v) is 3.25. The quantitative estimate of drug-likeness (QED) is 0.800. The average Bonchev–Trinajstić information content (AvgIpc) is 3.18. The van der Waals surface area contributed by atoms with Crippen LogP contribution in [0.2, 0.25) is 0 Å². The SMILES string of the molecule is CNC(=O)C(C)N(Cc1ccccc1C)C(=O)CCc1ccc2c(c1)OCO2. The third kappa shape index (κ3) is 4.44. The Bertz CT molecular complexity index is 865. The summed E-state index contributed by atoms with van der Waals surface area (Å²) >= 11 is 0. The van der Waals surface area contributed by atoms with Crippen molar-refractivity contribution in [1.82, 2.24) is 10.2 Å². The summed E-state index contributed by atoms with van der Waals surface area (Å²) in [5, 5.41) is 2.64. The molecule has 1 heterocycles. The van der Waals surface area contributed by atoms with Crippen molar-refractivity contribution in [3.05, 3.63) is 59.2 Å². The van der Waals surface area contributed by atoms with Gasteiger partial charge >= 0.3 is 0 Å². The fourth-order valence-electron chi connectivity index (χ4n) is 3.25. The van der Waals surface area contributed by atoms with Crippen molar-refractivity contribution >= 4 is 11.8 Å². The van der Waals surface area contributed by atoms with Gasteiger partial charge in [0.05, 0.1) is 0 Å². The van der Waals surface area contributed by atoms with Gasteiger partial charge in [0, 0.05) is 20.0 Å². The number of carbonyl (C=O) groups excluding carboxylic acids is 2. The van der Waals surface area contributed by atoms with E-state index in [1.807, 2.05) is 49.4 Å². The number of ether oxygens (including phenoxy) is 2. The maximum atomic E-state index is 13.0. The molecule has 2 aromatic rings. The first kappa shape index (κ1) is 19.7. The molecule has 0 saturated carbocycles. The molecule has 0 aromatic heterocycles. The van der Waals surface area contributed by atoms with Crippen LogP contribution in [0.25, 0.3) is 0 Å². The first-order chi connectivity index (χ1) is 13.5. The Balaban J connectivity index is 1.72. The van der Waals surface area contributed by atoms with Crippen LogP contribution in [0.5, 0.6) is 11.5 Å². The number of hydrogen-bond donors (Lipinski definition) is 1. The zero-order chi connectivity index (χ0) is 20.1. The molecule has 1 aliphatic rings. The summed E-state index contributed by atoms with van der Waals surface area (Å²) in [6.07, 6.45) is 0.882. The summed E-state index contributed by atoms with van der Waals surface area (Å²) < 4.78 is 10.7. The molecule has 28 heavy (non-hydrogen) atoms. The highest BCUT2D eigenvalue weighted by molar-refractivity contribution is 5.87. The van der Waals surface area contributed by atoms with Crippen molar-refractivity contribution in [1.29, 1.82) is 0 Å². The summed E-state index contributed by atoms with van der Waals surface area (Å²) in [7, 11) is 1.59. The molecule has 0 spiro atoms. The van der Waals surface area contributed by atoms with E-state index in [-0.39, 0.29) is 18.6 Å². The highest BCUT2D eigenvalue weighted by Crippen LogP contribution is 2.32. The van der Waals surface area contributed by atoms with Crippen LogP contribution in [0.4, 0.5) is 0 Å². The lowest BCUT2D eigenvalue weighted by Crippen LogP contribution is -2.46. The minimum Gasteiger partial charge on any atom is -0.454 e. The van der Waals surface area contributed by atoms with E-state index in [0.717, 1.165) is 22.4 Å². The highest BCUT2D eigenvalue weighted by Gasteiger charge is 2.25. The number of benzene rings is 2. The minimum atomic E-state index is -0.547. The molecule has 1 N–H and O–H groups in total. The van der Waals surface area contributed by atoms with E-state index in [4.69, 9.17) is 9.47 Å². The number of aryl methyl sites for hydroxylation is 2. The molecule has 0 fully saturated rings. The first-order valence-corrected chi connectivity index (χ1v) is 9.43. The van der Waals surface area contributed by atoms with Crippen molar-refractivity contribution < 1.29 is 19.1 Å². The molecule has 0 saturated heterocycles. The molecular formula is C22H26N2O4. The zero-order valence-corrected chi connectivity index (χ0v) is 16.5. The van der Waals surface area contributed by atoms with Crippen molar-refractivity contribution in [2.75, 3.05) is 13.8 Å². The summed E-state index contributed by atoms with van der Waals surface area (Å²) in [5.74, 6) is 1.20.